The summed E-state index contributed by atoms with van der Waals surface area (Å²) in [4.78, 5) is 17.3. The van der Waals surface area contributed by atoms with Crippen molar-refractivity contribution in [2.75, 3.05) is 16.3 Å². The summed E-state index contributed by atoms with van der Waals surface area (Å²) in [5.41, 5.74) is 1.84. The first kappa shape index (κ1) is 27.6. The number of ether oxygens (including phenoxy) is 1. The van der Waals surface area contributed by atoms with E-state index in [-0.39, 0.29) is 51.1 Å². The number of nitrogens with zero attached hydrogens (tertiary/aromatic N) is 3. The molecule has 0 saturated carbocycles. The van der Waals surface area contributed by atoms with E-state index in [1.54, 1.807) is 17.7 Å². The molecule has 13 heteroatoms. The van der Waals surface area contributed by atoms with Crippen molar-refractivity contribution >= 4 is 38.9 Å². The van der Waals surface area contributed by atoms with Crippen molar-refractivity contribution < 1.29 is 26.7 Å². The molecule has 0 aliphatic carbocycles. The fraction of sp³-hybridized carbons (Fsp3) is 0.115. The van der Waals surface area contributed by atoms with E-state index in [1.165, 1.54) is 36.7 Å². The van der Waals surface area contributed by atoms with Gasteiger partial charge < -0.3 is 14.6 Å². The lowest BCUT2D eigenvalue weighted by Gasteiger charge is -2.12. The molecule has 0 aliphatic rings. The van der Waals surface area contributed by atoms with Crippen molar-refractivity contribution in [1.29, 1.82) is 5.26 Å². The molecular weight excluding hydrogens is 552 g/mol. The van der Waals surface area contributed by atoms with E-state index >= 15 is 0 Å². The number of rotatable bonds is 8. The molecule has 2 aromatic carbocycles. The lowest BCUT2D eigenvalue weighted by Crippen LogP contribution is -2.13. The number of aryl methyl sites for hydroxylation is 1. The number of pyridine rings is 1. The number of nitriles is 1. The van der Waals surface area contributed by atoms with Gasteiger partial charge in [0.1, 0.15) is 35.8 Å². The van der Waals surface area contributed by atoms with Crippen LogP contribution in [-0.2, 0) is 23.7 Å². The lowest BCUT2D eigenvalue weighted by molar-refractivity contribution is 0.102. The lowest BCUT2D eigenvalue weighted by atomic mass is 10.2. The fourth-order valence-electron chi connectivity index (χ4n) is 3.73. The highest BCUT2D eigenvalue weighted by Gasteiger charge is 2.18. The Labute approximate surface area is 227 Å². The maximum Gasteiger partial charge on any atom is 0.257 e. The van der Waals surface area contributed by atoms with Gasteiger partial charge in [0, 0.05) is 42.3 Å². The normalized spacial score (nSPS) is 11.1. The standard InChI is InChI=1S/C26H20ClF2N5O4S/c1-34-13-17(26(35)32-21-7-18(27)8-22(10-21)33-39(2,36)37)6-23(34)25-24(5-16(11-30)12-31-25)38-14-15-3-19(28)9-20(29)4-15/h3-10,12-13,33H,14H2,1-2H3,(H,32,35). The molecule has 2 N–H and O–H groups in total. The Morgan fingerprint density at radius 2 is 1.79 bits per heavy atom. The van der Waals surface area contributed by atoms with Crippen LogP contribution in [0.15, 0.2) is 60.9 Å². The first-order valence-corrected chi connectivity index (χ1v) is 13.4. The van der Waals surface area contributed by atoms with Crippen LogP contribution in [0.3, 0.4) is 0 Å². The van der Waals surface area contributed by atoms with Gasteiger partial charge in [0.05, 0.1) is 28.8 Å². The molecule has 4 rings (SSSR count). The fourth-order valence-corrected chi connectivity index (χ4v) is 4.51. The van der Waals surface area contributed by atoms with Crippen LogP contribution in [-0.4, -0.2) is 30.1 Å². The largest absolute Gasteiger partial charge is 0.487 e. The van der Waals surface area contributed by atoms with Crippen molar-refractivity contribution in [3.05, 3.63) is 94.3 Å². The highest BCUT2D eigenvalue weighted by Crippen LogP contribution is 2.31. The number of aromatic nitrogens is 2. The SMILES string of the molecule is Cn1cc(C(=O)Nc2cc(Cl)cc(NS(C)(=O)=O)c2)cc1-c1ncc(C#N)cc1OCc1cc(F)cc(F)c1. The van der Waals surface area contributed by atoms with E-state index in [0.29, 0.717) is 5.69 Å². The number of carbonyl (C=O) groups excluding carboxylic acids is 1. The van der Waals surface area contributed by atoms with Gasteiger partial charge in [-0.1, -0.05) is 11.6 Å². The number of anilines is 2. The maximum absolute atomic E-state index is 13.6. The molecule has 0 spiro atoms. The topological polar surface area (TPSA) is 126 Å². The van der Waals surface area contributed by atoms with Gasteiger partial charge in [-0.05, 0) is 42.0 Å². The molecule has 200 valence electrons. The smallest absolute Gasteiger partial charge is 0.257 e. The Morgan fingerprint density at radius 1 is 1.10 bits per heavy atom. The predicted octanol–water partition coefficient (Wildman–Crippen LogP) is 5.09. The number of amides is 1. The van der Waals surface area contributed by atoms with Crippen LogP contribution in [0.2, 0.25) is 5.02 Å². The van der Waals surface area contributed by atoms with Crippen molar-refractivity contribution in [1.82, 2.24) is 9.55 Å². The zero-order valence-corrected chi connectivity index (χ0v) is 22.1. The molecular formula is C26H20ClF2N5O4S. The van der Waals surface area contributed by atoms with E-state index in [4.69, 9.17) is 16.3 Å². The zero-order chi connectivity index (χ0) is 28.3. The predicted molar refractivity (Wildman–Crippen MR) is 142 cm³/mol. The van der Waals surface area contributed by atoms with E-state index in [0.717, 1.165) is 24.5 Å². The molecule has 0 fully saturated rings. The second-order valence-electron chi connectivity index (χ2n) is 8.53. The van der Waals surface area contributed by atoms with Gasteiger partial charge >= 0.3 is 0 Å². The summed E-state index contributed by atoms with van der Waals surface area (Å²) in [6.45, 7) is -0.200. The van der Waals surface area contributed by atoms with E-state index in [1.807, 2.05) is 6.07 Å². The van der Waals surface area contributed by atoms with Crippen LogP contribution in [0.5, 0.6) is 5.75 Å². The Balaban J connectivity index is 1.61. The number of halogens is 3. The summed E-state index contributed by atoms with van der Waals surface area (Å²) in [5, 5.41) is 12.2. The van der Waals surface area contributed by atoms with Gasteiger partial charge in [-0.3, -0.25) is 9.52 Å². The van der Waals surface area contributed by atoms with Crippen molar-refractivity contribution in [3.63, 3.8) is 0 Å². The Hall–Kier alpha value is -4.47. The number of hydrogen-bond donors (Lipinski definition) is 2. The monoisotopic (exact) mass is 571 g/mol. The first-order chi connectivity index (χ1) is 18.4. The molecule has 9 nitrogen and oxygen atoms in total. The van der Waals surface area contributed by atoms with Gasteiger partial charge in [0.2, 0.25) is 10.0 Å². The molecule has 2 heterocycles. The van der Waals surface area contributed by atoms with Crippen LogP contribution in [0.25, 0.3) is 11.4 Å². The zero-order valence-electron chi connectivity index (χ0n) is 20.5. The molecule has 0 atom stereocenters. The van der Waals surface area contributed by atoms with E-state index in [9.17, 15) is 27.3 Å². The quantitative estimate of drug-likeness (QED) is 0.303. The summed E-state index contributed by atoms with van der Waals surface area (Å²) >= 11 is 6.07. The van der Waals surface area contributed by atoms with Gasteiger partial charge in [-0.25, -0.2) is 22.2 Å². The summed E-state index contributed by atoms with van der Waals surface area (Å²) < 4.78 is 60.0. The van der Waals surface area contributed by atoms with Gasteiger partial charge in [0.25, 0.3) is 5.91 Å². The van der Waals surface area contributed by atoms with Gasteiger partial charge in [-0.15, -0.1) is 0 Å². The number of sulfonamides is 1. The number of carbonyl (C=O) groups is 1. The molecule has 4 aromatic rings. The van der Waals surface area contributed by atoms with E-state index < -0.39 is 27.6 Å². The van der Waals surface area contributed by atoms with Crippen LogP contribution < -0.4 is 14.8 Å². The number of benzene rings is 2. The number of hydrogen-bond acceptors (Lipinski definition) is 6. The average molecular weight is 572 g/mol. The molecule has 1 amide bonds. The van der Waals surface area contributed by atoms with Crippen LogP contribution >= 0.6 is 11.6 Å². The van der Waals surface area contributed by atoms with Crippen LogP contribution in [0.4, 0.5) is 20.2 Å². The van der Waals surface area contributed by atoms with Crippen LogP contribution in [0, 0.1) is 23.0 Å². The minimum atomic E-state index is -3.56. The second-order valence-corrected chi connectivity index (χ2v) is 10.7. The molecule has 0 aliphatic heterocycles. The van der Waals surface area contributed by atoms with Crippen LogP contribution in [0.1, 0.15) is 21.5 Å². The highest BCUT2D eigenvalue weighted by molar-refractivity contribution is 7.92. The number of nitrogens with one attached hydrogen (secondary N) is 2. The second kappa shape index (κ2) is 11.1. The highest BCUT2D eigenvalue weighted by atomic mass is 35.5. The van der Waals surface area contributed by atoms with Crippen molar-refractivity contribution in [2.24, 2.45) is 7.05 Å². The van der Waals surface area contributed by atoms with E-state index in [2.05, 4.69) is 15.0 Å². The Bertz CT molecular complexity index is 1710. The Morgan fingerprint density at radius 3 is 2.46 bits per heavy atom. The minimum Gasteiger partial charge on any atom is -0.487 e. The summed E-state index contributed by atoms with van der Waals surface area (Å²) in [7, 11) is -1.89. The van der Waals surface area contributed by atoms with Crippen molar-refractivity contribution in [2.45, 2.75) is 6.61 Å². The minimum absolute atomic E-state index is 0.165. The first-order valence-electron chi connectivity index (χ1n) is 11.1. The summed E-state index contributed by atoms with van der Waals surface area (Å²) in [5.74, 6) is -1.86. The van der Waals surface area contributed by atoms with Gasteiger partial charge in [-0.2, -0.15) is 5.26 Å². The molecule has 2 aromatic heterocycles. The maximum atomic E-state index is 13.6. The summed E-state index contributed by atoms with van der Waals surface area (Å²) in [6, 6.07) is 12.2. The third-order valence-corrected chi connectivity index (χ3v) is 6.09. The average Bonchev–Trinajstić information content (AvgIpc) is 3.22. The van der Waals surface area contributed by atoms with Gasteiger partial charge in [0.15, 0.2) is 0 Å². The molecule has 0 radical (unpaired) electrons. The summed E-state index contributed by atoms with van der Waals surface area (Å²) in [6.07, 6.45) is 3.86. The molecule has 39 heavy (non-hydrogen) atoms. The Kier molecular flexibility index (Phi) is 7.85. The third-order valence-electron chi connectivity index (χ3n) is 5.27. The molecule has 0 bridgehead atoms. The molecule has 0 unspecified atom stereocenters. The van der Waals surface area contributed by atoms with Crippen molar-refractivity contribution in [3.8, 4) is 23.2 Å². The third kappa shape index (κ3) is 7.10. The molecule has 0 saturated heterocycles.